The summed E-state index contributed by atoms with van der Waals surface area (Å²) in [7, 11) is 0. The maximum atomic E-state index is 11.8. The molecule has 94 valence electrons. The van der Waals surface area contributed by atoms with E-state index in [2.05, 4.69) is 10.3 Å². The molecule has 0 aliphatic heterocycles. The van der Waals surface area contributed by atoms with Crippen LogP contribution in [0, 0.1) is 0 Å². The fourth-order valence-electron chi connectivity index (χ4n) is 1.65. The molecule has 0 saturated heterocycles. The van der Waals surface area contributed by atoms with Crippen molar-refractivity contribution >= 4 is 23.2 Å². The predicted molar refractivity (Wildman–Crippen MR) is 71.6 cm³/mol. The molecular weight excluding hydrogens is 250 g/mol. The van der Waals surface area contributed by atoms with E-state index in [1.54, 1.807) is 36.8 Å². The highest BCUT2D eigenvalue weighted by Crippen LogP contribution is 2.15. The zero-order valence-electron chi connectivity index (χ0n) is 10.0. The van der Waals surface area contributed by atoms with Crippen molar-refractivity contribution in [1.82, 2.24) is 9.55 Å². The van der Waals surface area contributed by atoms with Crippen LogP contribution in [0.25, 0.3) is 0 Å². The molecular formula is C13H14ClN3O. The zero-order chi connectivity index (χ0) is 13.0. The summed E-state index contributed by atoms with van der Waals surface area (Å²) in [5.74, 6) is -0.0291. The van der Waals surface area contributed by atoms with E-state index in [9.17, 15) is 4.79 Å². The molecule has 1 amide bonds. The van der Waals surface area contributed by atoms with Crippen molar-refractivity contribution in [2.75, 3.05) is 5.32 Å². The van der Waals surface area contributed by atoms with Gasteiger partial charge in [-0.15, -0.1) is 0 Å². The van der Waals surface area contributed by atoms with Gasteiger partial charge in [-0.3, -0.25) is 4.79 Å². The summed E-state index contributed by atoms with van der Waals surface area (Å²) < 4.78 is 1.90. The first-order chi connectivity index (χ1) is 8.65. The molecule has 4 nitrogen and oxygen atoms in total. The normalized spacial score (nSPS) is 12.1. The van der Waals surface area contributed by atoms with Gasteiger partial charge in [-0.2, -0.15) is 0 Å². The lowest BCUT2D eigenvalue weighted by atomic mass is 10.2. The Labute approximate surface area is 111 Å². The van der Waals surface area contributed by atoms with E-state index in [0.717, 1.165) is 5.69 Å². The second-order valence-electron chi connectivity index (χ2n) is 4.12. The van der Waals surface area contributed by atoms with Crippen LogP contribution in [0.2, 0.25) is 5.02 Å². The van der Waals surface area contributed by atoms with Crippen LogP contribution in [-0.2, 0) is 4.79 Å². The van der Waals surface area contributed by atoms with Crippen molar-refractivity contribution in [3.05, 3.63) is 48.0 Å². The van der Waals surface area contributed by atoms with Crippen molar-refractivity contribution in [2.24, 2.45) is 0 Å². The second-order valence-corrected chi connectivity index (χ2v) is 4.55. The smallest absolute Gasteiger partial charge is 0.226 e. The van der Waals surface area contributed by atoms with Gasteiger partial charge in [0, 0.05) is 35.6 Å². The molecule has 1 aromatic heterocycles. The van der Waals surface area contributed by atoms with Crippen LogP contribution in [0.15, 0.2) is 43.0 Å². The van der Waals surface area contributed by atoms with Crippen molar-refractivity contribution < 1.29 is 4.79 Å². The van der Waals surface area contributed by atoms with E-state index in [-0.39, 0.29) is 11.9 Å². The van der Waals surface area contributed by atoms with Gasteiger partial charge in [-0.25, -0.2) is 4.98 Å². The van der Waals surface area contributed by atoms with Gasteiger partial charge in [0.05, 0.1) is 6.33 Å². The average Bonchev–Trinajstić information content (AvgIpc) is 2.85. The molecule has 1 heterocycles. The molecule has 18 heavy (non-hydrogen) atoms. The number of carbonyl (C=O) groups excluding carboxylic acids is 1. The maximum Gasteiger partial charge on any atom is 0.226 e. The molecule has 1 atom stereocenters. The van der Waals surface area contributed by atoms with Crippen LogP contribution in [0.5, 0.6) is 0 Å². The molecule has 0 aliphatic carbocycles. The highest BCUT2D eigenvalue weighted by atomic mass is 35.5. The fourth-order valence-corrected chi connectivity index (χ4v) is 1.78. The van der Waals surface area contributed by atoms with Gasteiger partial charge < -0.3 is 9.88 Å². The van der Waals surface area contributed by atoms with Crippen molar-refractivity contribution in [3.8, 4) is 0 Å². The molecule has 0 bridgehead atoms. The minimum atomic E-state index is -0.0291. The van der Waals surface area contributed by atoms with Crippen molar-refractivity contribution in [2.45, 2.75) is 19.4 Å². The summed E-state index contributed by atoms with van der Waals surface area (Å²) in [6.45, 7) is 1.98. The number of imidazole rings is 1. The van der Waals surface area contributed by atoms with Crippen molar-refractivity contribution in [1.29, 1.82) is 0 Å². The Morgan fingerprint density at radius 1 is 1.44 bits per heavy atom. The lowest BCUT2D eigenvalue weighted by Gasteiger charge is -2.12. The largest absolute Gasteiger partial charge is 0.334 e. The standard InChI is InChI=1S/C13H14ClN3O/c1-10(17-7-6-15-9-17)8-13(18)16-12-4-2-11(14)3-5-12/h2-7,9-10H,8H2,1H3,(H,16,18)/t10-/m1/s1. The van der Waals surface area contributed by atoms with Crippen molar-refractivity contribution in [3.63, 3.8) is 0 Å². The van der Waals surface area contributed by atoms with Gasteiger partial charge in [0.25, 0.3) is 0 Å². The number of nitrogens with zero attached hydrogens (tertiary/aromatic N) is 2. The molecule has 0 aliphatic rings. The van der Waals surface area contributed by atoms with Gasteiger partial charge in [-0.1, -0.05) is 11.6 Å². The topological polar surface area (TPSA) is 46.9 Å². The second kappa shape index (κ2) is 5.69. The lowest BCUT2D eigenvalue weighted by molar-refractivity contribution is -0.116. The fraction of sp³-hybridized carbons (Fsp3) is 0.231. The summed E-state index contributed by atoms with van der Waals surface area (Å²) in [5, 5.41) is 3.48. The van der Waals surface area contributed by atoms with Crippen LogP contribution in [0.4, 0.5) is 5.69 Å². The summed E-state index contributed by atoms with van der Waals surface area (Å²) in [6.07, 6.45) is 5.66. The van der Waals surface area contributed by atoms with E-state index >= 15 is 0 Å². The molecule has 0 saturated carbocycles. The minimum Gasteiger partial charge on any atom is -0.334 e. The summed E-state index contributed by atoms with van der Waals surface area (Å²) in [4.78, 5) is 15.8. The van der Waals surface area contributed by atoms with Crippen LogP contribution in [0.1, 0.15) is 19.4 Å². The summed E-state index contributed by atoms with van der Waals surface area (Å²) in [5.41, 5.74) is 0.752. The summed E-state index contributed by atoms with van der Waals surface area (Å²) >= 11 is 5.78. The maximum absolute atomic E-state index is 11.8. The highest BCUT2D eigenvalue weighted by Gasteiger charge is 2.10. The number of benzene rings is 1. The number of anilines is 1. The highest BCUT2D eigenvalue weighted by molar-refractivity contribution is 6.30. The predicted octanol–water partition coefficient (Wildman–Crippen LogP) is 3.13. The Morgan fingerprint density at radius 3 is 2.78 bits per heavy atom. The molecule has 1 N–H and O–H groups in total. The van der Waals surface area contributed by atoms with Crippen LogP contribution in [0.3, 0.4) is 0 Å². The monoisotopic (exact) mass is 263 g/mol. The SMILES string of the molecule is C[C@H](CC(=O)Nc1ccc(Cl)cc1)n1ccnc1. The Hall–Kier alpha value is -1.81. The number of halogens is 1. The first-order valence-corrected chi connectivity index (χ1v) is 6.06. The first kappa shape index (κ1) is 12.6. The Balaban J connectivity index is 1.91. The van der Waals surface area contributed by atoms with Crippen LogP contribution < -0.4 is 5.32 Å². The third-order valence-corrected chi connectivity index (χ3v) is 2.89. The molecule has 1 aromatic carbocycles. The average molecular weight is 264 g/mol. The third kappa shape index (κ3) is 3.34. The minimum absolute atomic E-state index is 0.0291. The van der Waals surface area contributed by atoms with Gasteiger partial charge in [-0.05, 0) is 31.2 Å². The van der Waals surface area contributed by atoms with E-state index < -0.39 is 0 Å². The Kier molecular flexibility index (Phi) is 3.99. The molecule has 0 radical (unpaired) electrons. The summed E-state index contributed by atoms with van der Waals surface area (Å²) in [6, 6.07) is 7.14. The van der Waals surface area contributed by atoms with Crippen LogP contribution in [-0.4, -0.2) is 15.5 Å². The number of hydrogen-bond donors (Lipinski definition) is 1. The van der Waals surface area contributed by atoms with Gasteiger partial charge in [0.15, 0.2) is 0 Å². The number of nitrogens with one attached hydrogen (secondary N) is 1. The van der Waals surface area contributed by atoms with E-state index in [0.29, 0.717) is 11.4 Å². The third-order valence-electron chi connectivity index (χ3n) is 2.64. The lowest BCUT2D eigenvalue weighted by Crippen LogP contribution is -2.16. The number of hydrogen-bond acceptors (Lipinski definition) is 2. The Morgan fingerprint density at radius 2 is 2.17 bits per heavy atom. The van der Waals surface area contributed by atoms with E-state index in [1.165, 1.54) is 0 Å². The molecule has 0 fully saturated rings. The molecule has 5 heteroatoms. The Bertz CT molecular complexity index is 508. The molecule has 2 aromatic rings. The number of carbonyl (C=O) groups is 1. The zero-order valence-corrected chi connectivity index (χ0v) is 10.8. The van der Waals surface area contributed by atoms with E-state index in [1.807, 2.05) is 17.7 Å². The molecule has 2 rings (SSSR count). The number of aromatic nitrogens is 2. The van der Waals surface area contributed by atoms with Gasteiger partial charge >= 0.3 is 0 Å². The first-order valence-electron chi connectivity index (χ1n) is 5.68. The van der Waals surface area contributed by atoms with Crippen LogP contribution >= 0.6 is 11.6 Å². The number of rotatable bonds is 4. The number of amides is 1. The molecule has 0 unspecified atom stereocenters. The van der Waals surface area contributed by atoms with Gasteiger partial charge in [0.2, 0.25) is 5.91 Å². The van der Waals surface area contributed by atoms with Gasteiger partial charge in [0.1, 0.15) is 0 Å². The van der Waals surface area contributed by atoms with E-state index in [4.69, 9.17) is 11.6 Å². The molecule has 0 spiro atoms. The quantitative estimate of drug-likeness (QED) is 0.921.